The summed E-state index contributed by atoms with van der Waals surface area (Å²) in [4.78, 5) is 25.7. The van der Waals surface area contributed by atoms with Gasteiger partial charge in [0.2, 0.25) is 0 Å². The van der Waals surface area contributed by atoms with Crippen LogP contribution in [0.15, 0.2) is 24.4 Å². The molecular weight excluding hydrogens is 460 g/mol. The van der Waals surface area contributed by atoms with E-state index in [9.17, 15) is 20.0 Å². The van der Waals surface area contributed by atoms with Gasteiger partial charge in [-0.05, 0) is 63.6 Å². The van der Waals surface area contributed by atoms with E-state index in [-0.39, 0.29) is 18.2 Å². The van der Waals surface area contributed by atoms with Crippen molar-refractivity contribution in [1.29, 1.82) is 5.26 Å². The number of nitriles is 1. The molecule has 3 rings (SSSR count). The van der Waals surface area contributed by atoms with E-state index in [1.54, 1.807) is 42.0 Å². The minimum atomic E-state index is -0.802. The zero-order valence-electron chi connectivity index (χ0n) is 21.8. The summed E-state index contributed by atoms with van der Waals surface area (Å²) in [6.45, 7) is 6.14. The summed E-state index contributed by atoms with van der Waals surface area (Å²) < 4.78 is 13.3. The van der Waals surface area contributed by atoms with E-state index in [2.05, 4.69) is 18.1 Å². The number of carboxylic acid groups (broad SMARTS) is 1. The molecule has 9 nitrogen and oxygen atoms in total. The number of ether oxygens (including phenoxy) is 2. The van der Waals surface area contributed by atoms with Crippen LogP contribution in [-0.4, -0.2) is 50.5 Å². The fourth-order valence-electron chi connectivity index (χ4n) is 4.67. The number of hydrogen-bond acceptors (Lipinski definition) is 6. The monoisotopic (exact) mass is 496 g/mol. The Labute approximate surface area is 212 Å². The molecule has 1 N–H and O–H groups in total. The second-order valence-electron chi connectivity index (χ2n) is 10.1. The summed E-state index contributed by atoms with van der Waals surface area (Å²) in [6, 6.07) is 7.49. The van der Waals surface area contributed by atoms with Crippen molar-refractivity contribution < 1.29 is 24.2 Å². The van der Waals surface area contributed by atoms with Crippen LogP contribution >= 0.6 is 0 Å². The molecule has 0 aliphatic heterocycles. The number of aromatic nitrogens is 2. The topological polar surface area (TPSA) is 118 Å². The van der Waals surface area contributed by atoms with Crippen molar-refractivity contribution in [1.82, 2.24) is 14.7 Å². The predicted molar refractivity (Wildman–Crippen MR) is 134 cm³/mol. The maximum absolute atomic E-state index is 12.7. The smallest absolute Gasteiger partial charge is 0.410 e. The Morgan fingerprint density at radius 1 is 1.33 bits per heavy atom. The minimum Gasteiger partial charge on any atom is -0.489 e. The number of aliphatic carboxylic acids is 1. The van der Waals surface area contributed by atoms with Crippen molar-refractivity contribution in [2.75, 3.05) is 7.05 Å². The van der Waals surface area contributed by atoms with Crippen molar-refractivity contribution in [3.05, 3.63) is 35.7 Å². The number of carbonyl (C=O) groups excluding carboxylic acids is 1. The first-order chi connectivity index (χ1) is 17.1. The highest BCUT2D eigenvalue weighted by atomic mass is 16.6. The molecule has 1 heterocycles. The molecule has 0 saturated heterocycles. The Kier molecular flexibility index (Phi) is 8.62. The van der Waals surface area contributed by atoms with Crippen molar-refractivity contribution >= 4 is 12.1 Å². The van der Waals surface area contributed by atoms with Gasteiger partial charge in [-0.25, -0.2) is 4.79 Å². The molecule has 2 aromatic rings. The Morgan fingerprint density at radius 2 is 2.08 bits per heavy atom. The summed E-state index contributed by atoms with van der Waals surface area (Å²) >= 11 is 0. The Morgan fingerprint density at radius 3 is 2.75 bits per heavy atom. The highest BCUT2D eigenvalue weighted by Crippen LogP contribution is 2.33. The van der Waals surface area contributed by atoms with Gasteiger partial charge in [0.25, 0.3) is 0 Å². The van der Waals surface area contributed by atoms with Gasteiger partial charge in [-0.1, -0.05) is 19.4 Å². The molecule has 1 aromatic heterocycles. The molecule has 2 atom stereocenters. The van der Waals surface area contributed by atoms with Crippen molar-refractivity contribution in [3.63, 3.8) is 0 Å². The molecule has 0 bridgehead atoms. The molecule has 0 spiro atoms. The van der Waals surface area contributed by atoms with Crippen LogP contribution in [0.3, 0.4) is 0 Å². The van der Waals surface area contributed by atoms with E-state index in [0.29, 0.717) is 29.8 Å². The van der Waals surface area contributed by atoms with Gasteiger partial charge in [-0.3, -0.25) is 9.48 Å². The molecule has 194 valence electrons. The molecule has 1 fully saturated rings. The lowest BCUT2D eigenvalue weighted by molar-refractivity contribution is -0.143. The van der Waals surface area contributed by atoms with E-state index < -0.39 is 18.0 Å². The molecule has 36 heavy (non-hydrogen) atoms. The maximum Gasteiger partial charge on any atom is 0.410 e. The van der Waals surface area contributed by atoms with Gasteiger partial charge in [0.15, 0.2) is 0 Å². The summed E-state index contributed by atoms with van der Waals surface area (Å²) in [6.07, 6.45) is 5.49. The van der Waals surface area contributed by atoms with E-state index >= 15 is 0 Å². The number of carboxylic acids is 1. The van der Waals surface area contributed by atoms with Crippen molar-refractivity contribution in [2.24, 2.45) is 13.0 Å². The van der Waals surface area contributed by atoms with Gasteiger partial charge in [0, 0.05) is 25.2 Å². The molecule has 1 aromatic carbocycles. The number of rotatable bonds is 9. The Hall–Kier alpha value is -3.54. The largest absolute Gasteiger partial charge is 0.489 e. The van der Waals surface area contributed by atoms with Crippen molar-refractivity contribution in [3.8, 4) is 22.9 Å². The van der Waals surface area contributed by atoms with Crippen LogP contribution in [0.4, 0.5) is 4.79 Å². The summed E-state index contributed by atoms with van der Waals surface area (Å²) in [7, 11) is 3.52. The molecule has 1 aliphatic carbocycles. The first-order valence-electron chi connectivity index (χ1n) is 12.4. The predicted octanol–water partition coefficient (Wildman–Crippen LogP) is 5.13. The van der Waals surface area contributed by atoms with Gasteiger partial charge < -0.3 is 19.5 Å². The van der Waals surface area contributed by atoms with Gasteiger partial charge in [-0.15, -0.1) is 0 Å². The zero-order chi connectivity index (χ0) is 26.5. The third-order valence-corrected chi connectivity index (χ3v) is 7.12. The normalized spacial score (nSPS) is 17.8. The number of hydrogen-bond donors (Lipinski definition) is 1. The summed E-state index contributed by atoms with van der Waals surface area (Å²) in [5, 5.41) is 23.4. The minimum absolute atomic E-state index is 0.0377. The quantitative estimate of drug-likeness (QED) is 0.511. The molecule has 9 heteroatoms. The lowest BCUT2D eigenvalue weighted by Crippen LogP contribution is -2.45. The van der Waals surface area contributed by atoms with Crippen LogP contribution in [0, 0.1) is 17.2 Å². The average molecular weight is 497 g/mol. The summed E-state index contributed by atoms with van der Waals surface area (Å²) in [5.74, 6) is -0.779. The van der Waals surface area contributed by atoms with Crippen LogP contribution in [0.1, 0.15) is 70.6 Å². The third kappa shape index (κ3) is 6.17. The molecular formula is C27H36N4O5. The molecule has 1 amide bonds. The van der Waals surface area contributed by atoms with E-state index in [4.69, 9.17) is 9.47 Å². The number of amides is 1. The number of benzene rings is 1. The highest BCUT2D eigenvalue weighted by molar-refractivity contribution is 5.71. The molecule has 1 aliphatic rings. The number of aryl methyl sites for hydroxylation is 1. The number of carbonyl (C=O) groups is 2. The Bertz CT molecular complexity index is 1130. The maximum atomic E-state index is 12.7. The van der Waals surface area contributed by atoms with E-state index in [1.807, 2.05) is 19.9 Å². The van der Waals surface area contributed by atoms with Crippen LogP contribution in [0.25, 0.3) is 11.1 Å². The first-order valence-corrected chi connectivity index (χ1v) is 12.4. The van der Waals surface area contributed by atoms with Crippen LogP contribution < -0.4 is 4.74 Å². The standard InChI is InChI=1S/C27H36N4O5/c1-6-12-27(2,3)30(4)26(34)35-17-23-22(16-29-31(23)5)18-10-11-24(20(13-18)15-28)36-21-9-7-8-19(14-21)25(32)33/h10-11,13,16,19,21H,6-9,12,14,17H2,1-5H3,(H,32,33)/t19?,21-/m0/s1. The lowest BCUT2D eigenvalue weighted by Gasteiger charge is -2.34. The fourth-order valence-corrected chi connectivity index (χ4v) is 4.67. The average Bonchev–Trinajstić information content (AvgIpc) is 3.22. The second-order valence-corrected chi connectivity index (χ2v) is 10.1. The van der Waals surface area contributed by atoms with Gasteiger partial charge >= 0.3 is 12.1 Å². The van der Waals surface area contributed by atoms with E-state index in [1.165, 1.54) is 0 Å². The van der Waals surface area contributed by atoms with Crippen LogP contribution in [0.5, 0.6) is 5.75 Å². The third-order valence-electron chi connectivity index (χ3n) is 7.12. The van der Waals surface area contributed by atoms with E-state index in [0.717, 1.165) is 36.8 Å². The Balaban J connectivity index is 1.76. The van der Waals surface area contributed by atoms with Gasteiger partial charge in [0.05, 0.1) is 29.5 Å². The fraction of sp³-hybridized carbons (Fsp3) is 0.556. The molecule has 1 unspecified atom stereocenters. The zero-order valence-corrected chi connectivity index (χ0v) is 21.8. The van der Waals surface area contributed by atoms with Crippen molar-refractivity contribution in [2.45, 2.75) is 77.5 Å². The SMILES string of the molecule is CCCC(C)(C)N(C)C(=O)OCc1c(-c2ccc(O[C@H]3CCCC(C(=O)O)C3)c(C#N)c2)cnn1C. The first kappa shape index (κ1) is 27.1. The van der Waals surface area contributed by atoms with Crippen LogP contribution in [-0.2, 0) is 23.2 Å². The second kappa shape index (κ2) is 11.5. The highest BCUT2D eigenvalue weighted by Gasteiger charge is 2.30. The lowest BCUT2D eigenvalue weighted by atomic mass is 9.87. The summed E-state index contributed by atoms with van der Waals surface area (Å²) in [5.41, 5.74) is 2.26. The molecule has 0 radical (unpaired) electrons. The van der Waals surface area contributed by atoms with Gasteiger partial charge in [-0.2, -0.15) is 10.4 Å². The number of nitrogens with zero attached hydrogens (tertiary/aromatic N) is 4. The van der Waals surface area contributed by atoms with Crippen LogP contribution in [0.2, 0.25) is 0 Å². The van der Waals surface area contributed by atoms with Gasteiger partial charge in [0.1, 0.15) is 18.4 Å². The molecule has 1 saturated carbocycles.